The van der Waals surface area contributed by atoms with E-state index in [1.54, 1.807) is 13.2 Å². The van der Waals surface area contributed by atoms with Crippen LogP contribution in [0.3, 0.4) is 0 Å². The van der Waals surface area contributed by atoms with E-state index < -0.39 is 17.8 Å². The molecule has 6 heteroatoms. The highest BCUT2D eigenvalue weighted by molar-refractivity contribution is 5.44. The summed E-state index contributed by atoms with van der Waals surface area (Å²) >= 11 is 0. The van der Waals surface area contributed by atoms with Gasteiger partial charge in [-0.15, -0.1) is 0 Å². The van der Waals surface area contributed by atoms with Gasteiger partial charge < -0.3 is 15.2 Å². The highest BCUT2D eigenvalue weighted by atomic mass is 19.4. The molecule has 2 aromatic carbocycles. The van der Waals surface area contributed by atoms with Crippen LogP contribution in [0.15, 0.2) is 42.5 Å². The van der Waals surface area contributed by atoms with Crippen molar-refractivity contribution in [2.75, 3.05) is 13.7 Å². The SMILES string of the molecule is COc1cccc2c1CC(NCC(O)Cc1ccccc1C(F)(F)F)C2. The lowest BCUT2D eigenvalue weighted by Crippen LogP contribution is -2.37. The second-order valence-corrected chi connectivity index (χ2v) is 6.62. The number of alkyl halides is 3. The van der Waals surface area contributed by atoms with Gasteiger partial charge in [-0.25, -0.2) is 0 Å². The van der Waals surface area contributed by atoms with Crippen molar-refractivity contribution in [3.8, 4) is 5.75 Å². The third-order valence-corrected chi connectivity index (χ3v) is 4.79. The summed E-state index contributed by atoms with van der Waals surface area (Å²) in [7, 11) is 1.64. The number of benzene rings is 2. The zero-order chi connectivity index (χ0) is 18.7. The fourth-order valence-corrected chi connectivity index (χ4v) is 3.56. The van der Waals surface area contributed by atoms with Gasteiger partial charge in [0.1, 0.15) is 5.75 Å². The Labute approximate surface area is 150 Å². The zero-order valence-electron chi connectivity index (χ0n) is 14.5. The van der Waals surface area contributed by atoms with Crippen molar-refractivity contribution in [3.63, 3.8) is 0 Å². The Morgan fingerprint density at radius 2 is 1.92 bits per heavy atom. The third-order valence-electron chi connectivity index (χ3n) is 4.79. The van der Waals surface area contributed by atoms with Gasteiger partial charge in [0.25, 0.3) is 0 Å². The van der Waals surface area contributed by atoms with Crippen LogP contribution in [-0.2, 0) is 25.4 Å². The van der Waals surface area contributed by atoms with Gasteiger partial charge in [-0.2, -0.15) is 13.2 Å². The quantitative estimate of drug-likeness (QED) is 0.825. The maximum Gasteiger partial charge on any atom is 0.416 e. The third kappa shape index (κ3) is 4.19. The number of ether oxygens (including phenoxy) is 1. The maximum absolute atomic E-state index is 13.0. The van der Waals surface area contributed by atoms with Crippen LogP contribution in [-0.4, -0.2) is 30.9 Å². The van der Waals surface area contributed by atoms with Crippen LogP contribution in [0.25, 0.3) is 0 Å². The molecule has 0 radical (unpaired) electrons. The number of hydrogen-bond acceptors (Lipinski definition) is 3. The van der Waals surface area contributed by atoms with E-state index >= 15 is 0 Å². The molecule has 1 aliphatic rings. The Morgan fingerprint density at radius 1 is 1.15 bits per heavy atom. The van der Waals surface area contributed by atoms with Crippen LogP contribution in [0, 0.1) is 0 Å². The summed E-state index contributed by atoms with van der Waals surface area (Å²) in [5, 5.41) is 13.5. The molecule has 0 aliphatic heterocycles. The van der Waals surface area contributed by atoms with Crippen molar-refractivity contribution >= 4 is 0 Å². The predicted octanol–water partition coefficient (Wildman–Crippen LogP) is 3.37. The molecule has 2 unspecified atom stereocenters. The van der Waals surface area contributed by atoms with Crippen LogP contribution in [0.2, 0.25) is 0 Å². The Morgan fingerprint density at radius 3 is 2.65 bits per heavy atom. The molecule has 1 aliphatic carbocycles. The second kappa shape index (κ2) is 7.68. The lowest BCUT2D eigenvalue weighted by molar-refractivity contribution is -0.138. The molecule has 2 N–H and O–H groups in total. The van der Waals surface area contributed by atoms with Crippen LogP contribution < -0.4 is 10.1 Å². The molecule has 0 amide bonds. The summed E-state index contributed by atoms with van der Waals surface area (Å²) in [6.07, 6.45) is -3.73. The molecule has 0 aromatic heterocycles. The number of aliphatic hydroxyl groups excluding tert-OH is 1. The molecule has 0 saturated carbocycles. The number of fused-ring (bicyclic) bond motifs is 1. The first-order valence-corrected chi connectivity index (χ1v) is 8.59. The standard InChI is InChI=1S/C20H22F3NO2/c1-26-19-8-4-6-13-9-15(11-17(13)19)24-12-16(25)10-14-5-2-3-7-18(14)20(21,22)23/h2-8,15-16,24-25H,9-12H2,1H3. The Balaban J connectivity index is 1.57. The minimum absolute atomic E-state index is 0.0360. The van der Waals surface area contributed by atoms with Crippen molar-refractivity contribution in [1.29, 1.82) is 0 Å². The number of hydrogen-bond donors (Lipinski definition) is 2. The molecular weight excluding hydrogens is 343 g/mol. The average Bonchev–Trinajstić information content (AvgIpc) is 3.02. The molecule has 3 rings (SSSR count). The van der Waals surface area contributed by atoms with Gasteiger partial charge in [-0.05, 0) is 41.7 Å². The molecule has 2 atom stereocenters. The van der Waals surface area contributed by atoms with Crippen LogP contribution in [0.1, 0.15) is 22.3 Å². The predicted molar refractivity (Wildman–Crippen MR) is 93.3 cm³/mol. The number of methoxy groups -OCH3 is 1. The van der Waals surface area contributed by atoms with E-state index in [9.17, 15) is 18.3 Å². The summed E-state index contributed by atoms with van der Waals surface area (Å²) < 4.78 is 44.5. The van der Waals surface area contributed by atoms with Crippen molar-refractivity contribution in [2.45, 2.75) is 37.6 Å². The number of rotatable bonds is 6. The number of halogens is 3. The monoisotopic (exact) mass is 365 g/mol. The van der Waals surface area contributed by atoms with Gasteiger partial charge in [0.15, 0.2) is 0 Å². The Bertz CT molecular complexity index is 761. The normalized spacial score (nSPS) is 17.8. The van der Waals surface area contributed by atoms with Gasteiger partial charge in [0.2, 0.25) is 0 Å². The molecule has 0 saturated heterocycles. The number of nitrogens with one attached hydrogen (secondary N) is 1. The van der Waals surface area contributed by atoms with E-state index in [1.165, 1.54) is 17.7 Å². The zero-order valence-corrected chi connectivity index (χ0v) is 14.5. The van der Waals surface area contributed by atoms with Crippen molar-refractivity contribution in [3.05, 3.63) is 64.7 Å². The van der Waals surface area contributed by atoms with E-state index in [0.29, 0.717) is 0 Å². The minimum atomic E-state index is -4.41. The van der Waals surface area contributed by atoms with Gasteiger partial charge in [-0.3, -0.25) is 0 Å². The molecule has 26 heavy (non-hydrogen) atoms. The first kappa shape index (κ1) is 18.7. The van der Waals surface area contributed by atoms with Crippen molar-refractivity contribution < 1.29 is 23.0 Å². The Kier molecular flexibility index (Phi) is 5.53. The van der Waals surface area contributed by atoms with Gasteiger partial charge in [0, 0.05) is 19.0 Å². The summed E-state index contributed by atoms with van der Waals surface area (Å²) in [6.45, 7) is 0.243. The Hall–Kier alpha value is -2.05. The van der Waals surface area contributed by atoms with E-state index in [0.717, 1.165) is 30.2 Å². The lowest BCUT2D eigenvalue weighted by atomic mass is 10.0. The van der Waals surface area contributed by atoms with Crippen LogP contribution >= 0.6 is 0 Å². The summed E-state index contributed by atoms with van der Waals surface area (Å²) in [5.41, 5.74) is 1.80. The lowest BCUT2D eigenvalue weighted by Gasteiger charge is -2.18. The molecule has 0 bridgehead atoms. The first-order valence-electron chi connectivity index (χ1n) is 8.59. The minimum Gasteiger partial charge on any atom is -0.496 e. The van der Waals surface area contributed by atoms with E-state index in [-0.39, 0.29) is 24.6 Å². The second-order valence-electron chi connectivity index (χ2n) is 6.62. The van der Waals surface area contributed by atoms with Crippen LogP contribution in [0.5, 0.6) is 5.75 Å². The van der Waals surface area contributed by atoms with E-state index in [4.69, 9.17) is 4.74 Å². The largest absolute Gasteiger partial charge is 0.496 e. The van der Waals surface area contributed by atoms with E-state index in [2.05, 4.69) is 11.4 Å². The van der Waals surface area contributed by atoms with Gasteiger partial charge in [0.05, 0.1) is 18.8 Å². The fourth-order valence-electron chi connectivity index (χ4n) is 3.56. The van der Waals surface area contributed by atoms with Gasteiger partial charge in [-0.1, -0.05) is 30.3 Å². The molecule has 2 aromatic rings. The number of aliphatic hydroxyl groups is 1. The molecule has 0 heterocycles. The van der Waals surface area contributed by atoms with Crippen molar-refractivity contribution in [1.82, 2.24) is 5.32 Å². The summed E-state index contributed by atoms with van der Waals surface area (Å²) in [4.78, 5) is 0. The molecule has 0 fully saturated rings. The molecule has 140 valence electrons. The molecule has 0 spiro atoms. The maximum atomic E-state index is 13.0. The van der Waals surface area contributed by atoms with Gasteiger partial charge >= 0.3 is 6.18 Å². The highest BCUT2D eigenvalue weighted by Gasteiger charge is 2.33. The molecule has 3 nitrogen and oxygen atoms in total. The van der Waals surface area contributed by atoms with Crippen molar-refractivity contribution in [2.24, 2.45) is 0 Å². The highest BCUT2D eigenvalue weighted by Crippen LogP contribution is 2.33. The summed E-state index contributed by atoms with van der Waals surface area (Å²) in [5.74, 6) is 0.853. The fraction of sp³-hybridized carbons (Fsp3) is 0.400. The first-order chi connectivity index (χ1) is 12.4. The van der Waals surface area contributed by atoms with Crippen LogP contribution in [0.4, 0.5) is 13.2 Å². The molecular formula is C20H22F3NO2. The topological polar surface area (TPSA) is 41.5 Å². The smallest absolute Gasteiger partial charge is 0.416 e. The average molecular weight is 365 g/mol. The summed E-state index contributed by atoms with van der Waals surface area (Å²) in [6, 6.07) is 11.5. The van der Waals surface area contributed by atoms with E-state index in [1.807, 2.05) is 12.1 Å².